The molecule has 140 valence electrons. The lowest BCUT2D eigenvalue weighted by atomic mass is 10.1. The van der Waals surface area contributed by atoms with E-state index < -0.39 is 23.6 Å². The average Bonchev–Trinajstić information content (AvgIpc) is 2.59. The van der Waals surface area contributed by atoms with Crippen LogP contribution in [0.15, 0.2) is 48.5 Å². The maximum Gasteiger partial charge on any atom is 0.246 e. The maximum absolute atomic E-state index is 13.2. The number of anilines is 1. The number of rotatable bonds is 5. The molecule has 0 bridgehead atoms. The van der Waals surface area contributed by atoms with Gasteiger partial charge in [0.15, 0.2) is 0 Å². The molecule has 6 nitrogen and oxygen atoms in total. The maximum atomic E-state index is 13.2. The summed E-state index contributed by atoms with van der Waals surface area (Å²) in [5.74, 6) is -3.07. The van der Waals surface area contributed by atoms with Crippen molar-refractivity contribution in [2.45, 2.75) is 19.0 Å². The fraction of sp³-hybridized carbons (Fsp3) is 0.211. The lowest BCUT2D eigenvalue weighted by Gasteiger charge is -2.32. The number of nitrogens with one attached hydrogen (secondary N) is 2. The number of carbonyl (C=O) groups is 3. The molecular formula is C19H17F2N3O3. The van der Waals surface area contributed by atoms with Gasteiger partial charge < -0.3 is 15.5 Å². The minimum atomic E-state index is -1.03. The van der Waals surface area contributed by atoms with E-state index in [9.17, 15) is 23.2 Å². The largest absolute Gasteiger partial charge is 0.342 e. The number of piperazine rings is 1. The quantitative estimate of drug-likeness (QED) is 0.839. The Morgan fingerprint density at radius 2 is 1.78 bits per heavy atom. The molecule has 2 aromatic carbocycles. The van der Waals surface area contributed by atoms with Crippen LogP contribution in [0.2, 0.25) is 0 Å². The number of carbonyl (C=O) groups excluding carboxylic acids is 3. The Labute approximate surface area is 154 Å². The number of hydrogen-bond acceptors (Lipinski definition) is 3. The summed E-state index contributed by atoms with van der Waals surface area (Å²) in [5, 5.41) is 4.81. The summed E-state index contributed by atoms with van der Waals surface area (Å²) >= 11 is 0. The van der Waals surface area contributed by atoms with Gasteiger partial charge in [0.25, 0.3) is 0 Å². The molecule has 3 amide bonds. The molecule has 1 heterocycles. The van der Waals surface area contributed by atoms with Crippen LogP contribution in [0.1, 0.15) is 12.0 Å². The van der Waals surface area contributed by atoms with Gasteiger partial charge in [-0.2, -0.15) is 0 Å². The zero-order chi connectivity index (χ0) is 19.4. The Bertz CT molecular complexity index is 854. The summed E-state index contributed by atoms with van der Waals surface area (Å²) < 4.78 is 26.4. The van der Waals surface area contributed by atoms with Crippen LogP contribution in [0.4, 0.5) is 14.5 Å². The zero-order valence-corrected chi connectivity index (χ0v) is 14.2. The molecule has 1 atom stereocenters. The summed E-state index contributed by atoms with van der Waals surface area (Å²) in [6.07, 6.45) is -0.339. The molecule has 1 fully saturated rings. The van der Waals surface area contributed by atoms with Crippen LogP contribution in [0, 0.1) is 11.6 Å². The number of halogens is 2. The van der Waals surface area contributed by atoms with Gasteiger partial charge in [0.1, 0.15) is 17.7 Å². The van der Waals surface area contributed by atoms with Crippen molar-refractivity contribution in [1.29, 1.82) is 0 Å². The first-order valence-electron chi connectivity index (χ1n) is 8.29. The lowest BCUT2D eigenvalue weighted by molar-refractivity contribution is -0.145. The van der Waals surface area contributed by atoms with E-state index in [-0.39, 0.29) is 37.0 Å². The van der Waals surface area contributed by atoms with Crippen molar-refractivity contribution in [2.24, 2.45) is 0 Å². The first-order chi connectivity index (χ1) is 12.9. The molecule has 0 spiro atoms. The minimum Gasteiger partial charge on any atom is -0.342 e. The van der Waals surface area contributed by atoms with E-state index in [2.05, 4.69) is 10.6 Å². The van der Waals surface area contributed by atoms with Gasteiger partial charge in [-0.3, -0.25) is 14.4 Å². The number of nitrogens with zero attached hydrogens (tertiary/aromatic N) is 1. The first kappa shape index (κ1) is 18.5. The second-order valence-electron chi connectivity index (χ2n) is 6.21. The Hall–Kier alpha value is -3.29. The second kappa shape index (κ2) is 7.94. The van der Waals surface area contributed by atoms with E-state index in [1.54, 1.807) is 0 Å². The SMILES string of the molecule is O=C(CC1NC(=O)CN(Cc2ccccc2)C1=O)Nc1cc(F)cc(F)c1. The highest BCUT2D eigenvalue weighted by molar-refractivity contribution is 6.00. The predicted molar refractivity (Wildman–Crippen MR) is 93.4 cm³/mol. The third kappa shape index (κ3) is 4.87. The van der Waals surface area contributed by atoms with E-state index in [0.29, 0.717) is 6.07 Å². The van der Waals surface area contributed by atoms with Crippen LogP contribution in [-0.2, 0) is 20.9 Å². The van der Waals surface area contributed by atoms with E-state index in [1.807, 2.05) is 30.3 Å². The van der Waals surface area contributed by atoms with E-state index in [1.165, 1.54) is 4.90 Å². The molecule has 0 aliphatic carbocycles. The van der Waals surface area contributed by atoms with Crippen LogP contribution in [-0.4, -0.2) is 35.2 Å². The average molecular weight is 373 g/mol. The Balaban J connectivity index is 1.65. The van der Waals surface area contributed by atoms with Gasteiger partial charge in [-0.1, -0.05) is 30.3 Å². The number of benzene rings is 2. The van der Waals surface area contributed by atoms with Gasteiger partial charge in [0.05, 0.1) is 13.0 Å². The monoisotopic (exact) mass is 373 g/mol. The molecule has 2 aromatic rings. The molecule has 0 saturated carbocycles. The van der Waals surface area contributed by atoms with Crippen molar-refractivity contribution in [3.63, 3.8) is 0 Å². The summed E-state index contributed by atoms with van der Waals surface area (Å²) in [6.45, 7) is 0.154. The normalized spacial score (nSPS) is 16.8. The molecule has 1 aliphatic heterocycles. The number of amides is 3. The van der Waals surface area contributed by atoms with Crippen LogP contribution in [0.3, 0.4) is 0 Å². The molecule has 0 radical (unpaired) electrons. The summed E-state index contributed by atoms with van der Waals surface area (Å²) in [7, 11) is 0. The Morgan fingerprint density at radius 1 is 1.11 bits per heavy atom. The van der Waals surface area contributed by atoms with Gasteiger partial charge in [0, 0.05) is 18.3 Å². The van der Waals surface area contributed by atoms with Gasteiger partial charge in [0.2, 0.25) is 17.7 Å². The van der Waals surface area contributed by atoms with Crippen LogP contribution >= 0.6 is 0 Å². The van der Waals surface area contributed by atoms with E-state index in [4.69, 9.17) is 0 Å². The van der Waals surface area contributed by atoms with Crippen molar-refractivity contribution >= 4 is 23.4 Å². The minimum absolute atomic E-state index is 0.0618. The van der Waals surface area contributed by atoms with Gasteiger partial charge in [-0.05, 0) is 17.7 Å². The fourth-order valence-corrected chi connectivity index (χ4v) is 2.87. The summed E-state index contributed by atoms with van der Waals surface area (Å²) in [6, 6.07) is 10.7. The smallest absolute Gasteiger partial charge is 0.246 e. The van der Waals surface area contributed by atoms with Crippen molar-refractivity contribution in [3.8, 4) is 0 Å². The topological polar surface area (TPSA) is 78.5 Å². The molecule has 8 heteroatoms. The van der Waals surface area contributed by atoms with Gasteiger partial charge in [-0.25, -0.2) is 8.78 Å². The molecule has 3 rings (SSSR count). The lowest BCUT2D eigenvalue weighted by Crippen LogP contribution is -2.58. The highest BCUT2D eigenvalue weighted by atomic mass is 19.1. The van der Waals surface area contributed by atoms with Gasteiger partial charge in [-0.15, -0.1) is 0 Å². The van der Waals surface area contributed by atoms with Gasteiger partial charge >= 0.3 is 0 Å². The molecular weight excluding hydrogens is 356 g/mol. The van der Waals surface area contributed by atoms with Crippen LogP contribution < -0.4 is 10.6 Å². The predicted octanol–water partition coefficient (Wildman–Crippen LogP) is 1.82. The van der Waals surface area contributed by atoms with Crippen molar-refractivity contribution in [1.82, 2.24) is 10.2 Å². The third-order valence-corrected chi connectivity index (χ3v) is 4.03. The molecule has 1 saturated heterocycles. The molecule has 1 unspecified atom stereocenters. The molecule has 1 aliphatic rings. The summed E-state index contributed by atoms with van der Waals surface area (Å²) in [4.78, 5) is 38.0. The van der Waals surface area contributed by atoms with Crippen LogP contribution in [0.25, 0.3) is 0 Å². The molecule has 0 aromatic heterocycles. The Morgan fingerprint density at radius 3 is 2.44 bits per heavy atom. The zero-order valence-electron chi connectivity index (χ0n) is 14.2. The fourth-order valence-electron chi connectivity index (χ4n) is 2.87. The highest BCUT2D eigenvalue weighted by Gasteiger charge is 2.34. The first-order valence-corrected chi connectivity index (χ1v) is 8.29. The van der Waals surface area contributed by atoms with Crippen molar-refractivity contribution in [2.75, 3.05) is 11.9 Å². The third-order valence-electron chi connectivity index (χ3n) is 4.03. The van der Waals surface area contributed by atoms with Crippen LogP contribution in [0.5, 0.6) is 0 Å². The highest BCUT2D eigenvalue weighted by Crippen LogP contribution is 2.15. The van der Waals surface area contributed by atoms with Crippen molar-refractivity contribution < 1.29 is 23.2 Å². The molecule has 2 N–H and O–H groups in total. The standard InChI is InChI=1S/C19H17F2N3O3/c20-13-6-14(21)8-15(7-13)22-17(25)9-16-19(27)24(11-18(26)23-16)10-12-4-2-1-3-5-12/h1-8,16H,9-11H2,(H,22,25)(H,23,26). The van der Waals surface area contributed by atoms with E-state index >= 15 is 0 Å². The Kier molecular flexibility index (Phi) is 5.44. The summed E-state index contributed by atoms with van der Waals surface area (Å²) in [5.41, 5.74) is 0.798. The van der Waals surface area contributed by atoms with E-state index in [0.717, 1.165) is 17.7 Å². The second-order valence-corrected chi connectivity index (χ2v) is 6.21. The molecule has 27 heavy (non-hydrogen) atoms. The number of hydrogen-bond donors (Lipinski definition) is 2. The van der Waals surface area contributed by atoms with Crippen molar-refractivity contribution in [3.05, 3.63) is 65.7 Å².